The number of aromatic hydroxyl groups is 4. The summed E-state index contributed by atoms with van der Waals surface area (Å²) in [6.45, 7) is 1.44. The molecule has 0 amide bonds. The van der Waals surface area contributed by atoms with Gasteiger partial charge in [0.15, 0.2) is 23.7 Å². The fourth-order valence-electron chi connectivity index (χ4n) is 6.09. The SMILES string of the molecule is CC1C[C@@H](OCC2C[C@@H](OC3C(=O)c4c(O)cc(O)cc4OC3c3ccc(O)c(O)c3)C(O)[C@H](O)[C@@H]2O)C(O)[C@@H](O)[C@H]1O. The fraction of sp³-hybridized carbons (Fsp3) is 0.552. The minimum Gasteiger partial charge on any atom is -0.508 e. The molecule has 0 aromatic heterocycles. The normalized spacial score (nSPS) is 37.9. The Hall–Kier alpha value is -3.21. The summed E-state index contributed by atoms with van der Waals surface area (Å²) in [4.78, 5) is 13.7. The van der Waals surface area contributed by atoms with E-state index in [1.807, 2.05) is 0 Å². The highest BCUT2D eigenvalue weighted by Gasteiger charge is 2.49. The van der Waals surface area contributed by atoms with Crippen LogP contribution < -0.4 is 4.74 Å². The van der Waals surface area contributed by atoms with Crippen molar-refractivity contribution in [2.45, 2.75) is 80.8 Å². The molecule has 12 atom stereocenters. The molecule has 2 saturated carbocycles. The Balaban J connectivity index is 1.40. The third-order valence-electron chi connectivity index (χ3n) is 8.64. The summed E-state index contributed by atoms with van der Waals surface area (Å²) < 4.78 is 17.8. The van der Waals surface area contributed by atoms with Crippen molar-refractivity contribution in [2.24, 2.45) is 11.8 Å². The summed E-state index contributed by atoms with van der Waals surface area (Å²) in [5, 5.41) is 103. The van der Waals surface area contributed by atoms with Crippen LogP contribution in [0, 0.1) is 11.8 Å². The van der Waals surface area contributed by atoms with E-state index < -0.39 is 102 Å². The lowest BCUT2D eigenvalue weighted by Gasteiger charge is -2.44. The average molecular weight is 609 g/mol. The number of aliphatic hydroxyl groups is 6. The Morgan fingerprint density at radius 1 is 0.767 bits per heavy atom. The van der Waals surface area contributed by atoms with Gasteiger partial charge < -0.3 is 65.3 Å². The van der Waals surface area contributed by atoms with Crippen LogP contribution in [0.4, 0.5) is 0 Å². The number of rotatable bonds is 6. The number of phenolic OH excluding ortho intramolecular Hbond substituents is 4. The molecule has 14 nitrogen and oxygen atoms in total. The third kappa shape index (κ3) is 5.84. The molecule has 5 rings (SSSR count). The van der Waals surface area contributed by atoms with Crippen LogP contribution in [-0.4, -0.2) is 118 Å². The molecule has 1 heterocycles. The zero-order valence-electron chi connectivity index (χ0n) is 23.0. The van der Waals surface area contributed by atoms with E-state index >= 15 is 0 Å². The molecular weight excluding hydrogens is 572 g/mol. The van der Waals surface area contributed by atoms with Crippen LogP contribution in [0.1, 0.15) is 41.8 Å². The predicted molar refractivity (Wildman–Crippen MR) is 144 cm³/mol. The molecule has 2 aromatic rings. The van der Waals surface area contributed by atoms with Crippen LogP contribution >= 0.6 is 0 Å². The van der Waals surface area contributed by atoms with E-state index in [4.69, 9.17) is 14.2 Å². The van der Waals surface area contributed by atoms with Gasteiger partial charge in [-0.3, -0.25) is 4.79 Å². The number of carbonyl (C=O) groups excluding carboxylic acids is 1. The highest BCUT2D eigenvalue weighted by molar-refractivity contribution is 6.05. The second-order valence-corrected chi connectivity index (χ2v) is 11.6. The van der Waals surface area contributed by atoms with Crippen LogP contribution in [-0.2, 0) is 9.47 Å². The van der Waals surface area contributed by atoms with Crippen molar-refractivity contribution in [3.8, 4) is 28.7 Å². The van der Waals surface area contributed by atoms with Gasteiger partial charge in [0, 0.05) is 18.1 Å². The lowest BCUT2D eigenvalue weighted by atomic mass is 9.80. The van der Waals surface area contributed by atoms with E-state index in [-0.39, 0.29) is 36.3 Å². The van der Waals surface area contributed by atoms with Crippen molar-refractivity contribution in [1.29, 1.82) is 0 Å². The molecule has 0 saturated heterocycles. The van der Waals surface area contributed by atoms with Crippen molar-refractivity contribution in [1.82, 2.24) is 0 Å². The summed E-state index contributed by atoms with van der Waals surface area (Å²) in [7, 11) is 0. The molecule has 43 heavy (non-hydrogen) atoms. The van der Waals surface area contributed by atoms with Crippen LogP contribution in [0.15, 0.2) is 30.3 Å². The molecule has 2 aliphatic carbocycles. The van der Waals surface area contributed by atoms with Gasteiger partial charge in [0.25, 0.3) is 0 Å². The Morgan fingerprint density at radius 2 is 1.44 bits per heavy atom. The molecule has 236 valence electrons. The number of Topliss-reactive ketones (excluding diaryl/α,β-unsaturated/α-hetero) is 1. The van der Waals surface area contributed by atoms with Gasteiger partial charge in [-0.1, -0.05) is 13.0 Å². The zero-order valence-corrected chi connectivity index (χ0v) is 23.0. The number of benzene rings is 2. The molecule has 0 radical (unpaired) electrons. The average Bonchev–Trinajstić information content (AvgIpc) is 2.96. The largest absolute Gasteiger partial charge is 0.508 e. The monoisotopic (exact) mass is 608 g/mol. The highest BCUT2D eigenvalue weighted by atomic mass is 16.6. The van der Waals surface area contributed by atoms with Gasteiger partial charge in [-0.05, 0) is 36.5 Å². The van der Waals surface area contributed by atoms with Crippen LogP contribution in [0.3, 0.4) is 0 Å². The molecule has 2 fully saturated rings. The molecular formula is C29H36O14. The Morgan fingerprint density at radius 3 is 2.14 bits per heavy atom. The van der Waals surface area contributed by atoms with Crippen molar-refractivity contribution >= 4 is 5.78 Å². The summed E-state index contributed by atoms with van der Waals surface area (Å²) in [6.07, 6.45) is -13.9. The second kappa shape index (κ2) is 12.1. The number of ketones is 1. The summed E-state index contributed by atoms with van der Waals surface area (Å²) in [5.41, 5.74) is -0.150. The lowest BCUT2D eigenvalue weighted by molar-refractivity contribution is -0.209. The van der Waals surface area contributed by atoms with Gasteiger partial charge >= 0.3 is 0 Å². The molecule has 3 aliphatic rings. The lowest BCUT2D eigenvalue weighted by Crippen LogP contribution is -2.58. The summed E-state index contributed by atoms with van der Waals surface area (Å²) >= 11 is 0. The number of aliphatic hydroxyl groups excluding tert-OH is 6. The van der Waals surface area contributed by atoms with E-state index in [0.29, 0.717) is 0 Å². The number of carbonyl (C=O) groups is 1. The Bertz CT molecular complexity index is 1330. The molecule has 0 spiro atoms. The molecule has 14 heteroatoms. The van der Waals surface area contributed by atoms with Gasteiger partial charge in [-0.15, -0.1) is 0 Å². The minimum absolute atomic E-state index is 0.144. The quantitative estimate of drug-likeness (QED) is 0.180. The Labute approximate surface area is 245 Å². The van der Waals surface area contributed by atoms with E-state index in [1.54, 1.807) is 6.92 Å². The fourth-order valence-corrected chi connectivity index (χ4v) is 6.09. The first-order valence-electron chi connectivity index (χ1n) is 13.9. The summed E-state index contributed by atoms with van der Waals surface area (Å²) in [6, 6.07) is 5.68. The Kier molecular flexibility index (Phi) is 8.75. The first-order valence-corrected chi connectivity index (χ1v) is 13.9. The maximum Gasteiger partial charge on any atom is 0.203 e. The predicted octanol–water partition coefficient (Wildman–Crippen LogP) is -0.811. The van der Waals surface area contributed by atoms with Crippen LogP contribution in [0.5, 0.6) is 28.7 Å². The van der Waals surface area contributed by atoms with Gasteiger partial charge in [-0.25, -0.2) is 0 Å². The van der Waals surface area contributed by atoms with Gasteiger partial charge in [0.2, 0.25) is 5.78 Å². The van der Waals surface area contributed by atoms with E-state index in [2.05, 4.69) is 0 Å². The van der Waals surface area contributed by atoms with Gasteiger partial charge in [-0.2, -0.15) is 0 Å². The smallest absolute Gasteiger partial charge is 0.203 e. The minimum atomic E-state index is -1.73. The van der Waals surface area contributed by atoms with Crippen molar-refractivity contribution < 1.29 is 70.1 Å². The third-order valence-corrected chi connectivity index (χ3v) is 8.64. The van der Waals surface area contributed by atoms with E-state index in [0.717, 1.165) is 24.3 Å². The molecule has 6 unspecified atom stereocenters. The molecule has 10 N–H and O–H groups in total. The second-order valence-electron chi connectivity index (χ2n) is 11.6. The first-order chi connectivity index (χ1) is 20.3. The number of hydrogen-bond donors (Lipinski definition) is 10. The standard InChI is InChI=1S/C29H36O14/c1-10-4-18(23(36)26(39)21(10)34)41-9-12-6-19(24(37)27(40)22(12)35)43-29-25(38)20-16(33)7-13(30)8-17(20)42-28(29)11-2-3-14(31)15(32)5-11/h2-3,5,7-8,10,12,18-19,21-24,26-37,39-40H,4,6,9H2,1H3/t10?,12?,18-,19-,21+,22-,23?,24?,26+,27-,28?,29?/m1/s1. The van der Waals surface area contributed by atoms with Crippen molar-refractivity contribution in [2.75, 3.05) is 6.61 Å². The topological polar surface area (TPSA) is 247 Å². The maximum atomic E-state index is 13.7. The number of fused-ring (bicyclic) bond motifs is 1. The molecule has 2 aromatic carbocycles. The number of hydrogen-bond acceptors (Lipinski definition) is 14. The van der Waals surface area contributed by atoms with E-state index in [1.165, 1.54) is 6.07 Å². The number of phenols is 4. The van der Waals surface area contributed by atoms with Crippen molar-refractivity contribution in [3.05, 3.63) is 41.5 Å². The van der Waals surface area contributed by atoms with Gasteiger partial charge in [0.1, 0.15) is 47.2 Å². The summed E-state index contributed by atoms with van der Waals surface area (Å²) in [5.74, 6) is -4.20. The molecule has 0 bridgehead atoms. The maximum absolute atomic E-state index is 13.7. The molecule has 1 aliphatic heterocycles. The first kappa shape index (κ1) is 31.2. The zero-order chi connectivity index (χ0) is 31.3. The van der Waals surface area contributed by atoms with Crippen LogP contribution in [0.25, 0.3) is 0 Å². The highest BCUT2D eigenvalue weighted by Crippen LogP contribution is 2.45. The van der Waals surface area contributed by atoms with Crippen LogP contribution in [0.2, 0.25) is 0 Å². The number of ether oxygens (including phenoxy) is 3. The van der Waals surface area contributed by atoms with Crippen molar-refractivity contribution in [3.63, 3.8) is 0 Å². The van der Waals surface area contributed by atoms with Gasteiger partial charge in [0.05, 0.1) is 31.0 Å². The van der Waals surface area contributed by atoms with E-state index in [9.17, 15) is 55.9 Å².